The van der Waals surface area contributed by atoms with Gasteiger partial charge in [0, 0.05) is 61.5 Å². The average Bonchev–Trinajstić information content (AvgIpc) is 3.59. The fourth-order valence-electron chi connectivity index (χ4n) is 4.62. The van der Waals surface area contributed by atoms with Gasteiger partial charge in [0.15, 0.2) is 5.16 Å². The summed E-state index contributed by atoms with van der Waals surface area (Å²) >= 11 is 3.14. The quantitative estimate of drug-likeness (QED) is 0.453. The summed E-state index contributed by atoms with van der Waals surface area (Å²) in [5.74, 6) is 0.597. The molecular formula is C24H26F3N5O2S2. The highest BCUT2D eigenvalue weighted by Gasteiger charge is 2.36. The third-order valence-corrected chi connectivity index (χ3v) is 8.45. The number of thioether (sulfide) groups is 1. The minimum atomic E-state index is -4.38. The molecule has 192 valence electrons. The normalized spacial score (nSPS) is 21.1. The molecule has 0 bridgehead atoms. The van der Waals surface area contributed by atoms with Crippen LogP contribution in [0.4, 0.5) is 18.0 Å². The lowest BCUT2D eigenvalue weighted by atomic mass is 9.84. The predicted octanol–water partition coefficient (Wildman–Crippen LogP) is 5.20. The number of aromatic nitrogens is 3. The number of hydrogen-bond donors (Lipinski definition) is 1. The van der Waals surface area contributed by atoms with Crippen LogP contribution in [0, 0.1) is 0 Å². The first-order chi connectivity index (χ1) is 17.4. The van der Waals surface area contributed by atoms with Crippen LogP contribution in [0.3, 0.4) is 0 Å². The lowest BCUT2D eigenvalue weighted by Crippen LogP contribution is -2.52. The van der Waals surface area contributed by atoms with Crippen molar-refractivity contribution in [2.45, 2.75) is 35.3 Å². The Morgan fingerprint density at radius 3 is 2.58 bits per heavy atom. The highest BCUT2D eigenvalue weighted by atomic mass is 32.2. The van der Waals surface area contributed by atoms with Crippen molar-refractivity contribution in [2.24, 2.45) is 0 Å². The Balaban J connectivity index is 1.35. The van der Waals surface area contributed by atoms with E-state index in [2.05, 4.69) is 9.97 Å². The second-order valence-corrected chi connectivity index (χ2v) is 10.8. The zero-order chi connectivity index (χ0) is 25.1. The lowest BCUT2D eigenvalue weighted by molar-refractivity contribution is -0.137. The number of benzene rings is 1. The molecule has 2 aliphatic heterocycles. The number of thiazole rings is 1. The van der Waals surface area contributed by atoms with Crippen molar-refractivity contribution in [1.29, 1.82) is 0 Å². The predicted molar refractivity (Wildman–Crippen MR) is 131 cm³/mol. The van der Waals surface area contributed by atoms with Crippen LogP contribution in [-0.4, -0.2) is 70.2 Å². The maximum absolute atomic E-state index is 13.3. The van der Waals surface area contributed by atoms with Crippen LogP contribution in [0.2, 0.25) is 0 Å². The number of carbonyl (C=O) groups is 1. The fraction of sp³-hybridized carbons (Fsp3) is 0.458. The molecule has 0 radical (unpaired) electrons. The van der Waals surface area contributed by atoms with Crippen molar-refractivity contribution in [3.05, 3.63) is 63.9 Å². The number of hydrogen-bond acceptors (Lipinski definition) is 6. The van der Waals surface area contributed by atoms with Gasteiger partial charge in [-0.15, -0.1) is 11.3 Å². The molecule has 12 heteroatoms. The van der Waals surface area contributed by atoms with E-state index >= 15 is 0 Å². The molecule has 1 N–H and O–H groups in total. The van der Waals surface area contributed by atoms with Gasteiger partial charge in [-0.25, -0.2) is 14.8 Å². The average molecular weight is 538 g/mol. The standard InChI is InChI=1S/C24H26F3N5O2S2/c25-24(26,27)19-3-1-16(2-4-19)17-11-18(13-32(12-17)23(33)31-7-9-34-10-8-31)21-30-20(14-35-21)15-36-22-28-5-6-29-22/h1-6,14,17-18H,7-13,15H2,(H,28,29). The van der Waals surface area contributed by atoms with Crippen molar-refractivity contribution in [3.63, 3.8) is 0 Å². The molecule has 2 fully saturated rings. The van der Waals surface area contributed by atoms with E-state index in [4.69, 9.17) is 9.72 Å². The van der Waals surface area contributed by atoms with Gasteiger partial charge < -0.3 is 19.5 Å². The number of piperidine rings is 1. The molecule has 2 aromatic heterocycles. The maximum atomic E-state index is 13.3. The van der Waals surface area contributed by atoms with Crippen LogP contribution >= 0.6 is 23.1 Å². The van der Waals surface area contributed by atoms with E-state index in [0.717, 1.165) is 40.0 Å². The fourth-order valence-corrected chi connectivity index (χ4v) is 6.37. The number of rotatable bonds is 5. The Labute approximate surface area is 215 Å². The highest BCUT2D eigenvalue weighted by Crippen LogP contribution is 2.39. The maximum Gasteiger partial charge on any atom is 0.416 e. The number of likely N-dealkylation sites (tertiary alicyclic amines) is 1. The molecule has 0 aliphatic carbocycles. The molecule has 3 aromatic rings. The van der Waals surface area contributed by atoms with E-state index in [1.807, 2.05) is 10.3 Å². The largest absolute Gasteiger partial charge is 0.416 e. The van der Waals surface area contributed by atoms with Gasteiger partial charge in [-0.3, -0.25) is 0 Å². The van der Waals surface area contributed by atoms with E-state index in [9.17, 15) is 18.0 Å². The first kappa shape index (κ1) is 25.1. The molecular weight excluding hydrogens is 511 g/mol. The van der Waals surface area contributed by atoms with E-state index in [-0.39, 0.29) is 17.9 Å². The van der Waals surface area contributed by atoms with Crippen LogP contribution in [0.5, 0.6) is 0 Å². The number of aromatic amines is 1. The number of H-pyrrole nitrogens is 1. The van der Waals surface area contributed by atoms with E-state index < -0.39 is 11.7 Å². The van der Waals surface area contributed by atoms with Crippen molar-refractivity contribution in [1.82, 2.24) is 24.8 Å². The number of ether oxygens (including phenoxy) is 1. The molecule has 36 heavy (non-hydrogen) atoms. The van der Waals surface area contributed by atoms with Gasteiger partial charge in [-0.05, 0) is 24.1 Å². The van der Waals surface area contributed by atoms with Crippen LogP contribution < -0.4 is 0 Å². The summed E-state index contributed by atoms with van der Waals surface area (Å²) in [6.45, 7) is 3.09. The Bertz CT molecular complexity index is 1150. The number of carbonyl (C=O) groups excluding carboxylic acids is 1. The Morgan fingerprint density at radius 1 is 1.14 bits per heavy atom. The Kier molecular flexibility index (Phi) is 7.54. The van der Waals surface area contributed by atoms with E-state index in [1.165, 1.54) is 0 Å². The van der Waals surface area contributed by atoms with Gasteiger partial charge in [0.25, 0.3) is 0 Å². The number of halogens is 3. The summed E-state index contributed by atoms with van der Waals surface area (Å²) in [7, 11) is 0. The van der Waals surface area contributed by atoms with Crippen LogP contribution in [0.25, 0.3) is 0 Å². The summed E-state index contributed by atoms with van der Waals surface area (Å²) < 4.78 is 44.7. The molecule has 0 spiro atoms. The first-order valence-electron chi connectivity index (χ1n) is 11.7. The second-order valence-electron chi connectivity index (χ2n) is 8.90. The van der Waals surface area contributed by atoms with E-state index in [1.54, 1.807) is 52.5 Å². The molecule has 5 rings (SSSR count). The van der Waals surface area contributed by atoms with E-state index in [0.29, 0.717) is 45.1 Å². The molecule has 2 aliphatic rings. The first-order valence-corrected chi connectivity index (χ1v) is 13.6. The molecule has 2 amide bonds. The topological polar surface area (TPSA) is 74.3 Å². The van der Waals surface area contributed by atoms with Crippen LogP contribution in [0.15, 0.2) is 47.2 Å². The van der Waals surface area contributed by atoms with Gasteiger partial charge >= 0.3 is 12.2 Å². The molecule has 1 aromatic carbocycles. The number of imidazole rings is 1. The Morgan fingerprint density at radius 2 is 1.89 bits per heavy atom. The number of nitrogens with one attached hydrogen (secondary N) is 1. The van der Waals surface area contributed by atoms with Gasteiger partial charge in [-0.1, -0.05) is 23.9 Å². The summed E-state index contributed by atoms with van der Waals surface area (Å²) in [4.78, 5) is 29.1. The number of alkyl halides is 3. The lowest BCUT2D eigenvalue weighted by Gasteiger charge is -2.40. The molecule has 7 nitrogen and oxygen atoms in total. The number of urea groups is 1. The molecule has 0 saturated carbocycles. The SMILES string of the molecule is O=C(N1CCOCC1)N1CC(c2ccc(C(F)(F)F)cc2)CC(c2nc(CSc3ncc[nH]3)cs2)C1. The molecule has 2 atom stereocenters. The van der Waals surface area contributed by atoms with Gasteiger partial charge in [0.1, 0.15) is 0 Å². The number of nitrogens with zero attached hydrogens (tertiary/aromatic N) is 4. The van der Waals surface area contributed by atoms with Crippen LogP contribution in [-0.2, 0) is 16.7 Å². The Hall–Kier alpha value is -2.57. The minimum Gasteiger partial charge on any atom is -0.378 e. The third-order valence-electron chi connectivity index (χ3n) is 6.46. The molecule has 2 unspecified atom stereocenters. The van der Waals surface area contributed by atoms with Crippen molar-refractivity contribution < 1.29 is 22.7 Å². The summed E-state index contributed by atoms with van der Waals surface area (Å²) in [6, 6.07) is 5.28. The monoisotopic (exact) mass is 537 g/mol. The summed E-state index contributed by atoms with van der Waals surface area (Å²) in [6.07, 6.45) is -0.177. The summed E-state index contributed by atoms with van der Waals surface area (Å²) in [5, 5.41) is 3.80. The van der Waals surface area contributed by atoms with Gasteiger partial charge in [-0.2, -0.15) is 13.2 Å². The molecule has 4 heterocycles. The van der Waals surface area contributed by atoms with Crippen molar-refractivity contribution in [3.8, 4) is 0 Å². The summed E-state index contributed by atoms with van der Waals surface area (Å²) in [5.41, 5.74) is 1.08. The third kappa shape index (κ3) is 5.87. The van der Waals surface area contributed by atoms with Gasteiger partial charge in [0.05, 0.1) is 29.5 Å². The van der Waals surface area contributed by atoms with Gasteiger partial charge in [0.2, 0.25) is 0 Å². The van der Waals surface area contributed by atoms with Crippen molar-refractivity contribution in [2.75, 3.05) is 39.4 Å². The van der Waals surface area contributed by atoms with Crippen LogP contribution in [0.1, 0.15) is 40.1 Å². The molecule has 2 saturated heterocycles. The zero-order valence-electron chi connectivity index (χ0n) is 19.4. The highest BCUT2D eigenvalue weighted by molar-refractivity contribution is 7.98. The number of morpholine rings is 1. The smallest absolute Gasteiger partial charge is 0.378 e. The number of amides is 2. The zero-order valence-corrected chi connectivity index (χ0v) is 21.0. The minimum absolute atomic E-state index is 0.00314. The second kappa shape index (κ2) is 10.8. The van der Waals surface area contributed by atoms with Crippen molar-refractivity contribution >= 4 is 29.1 Å².